The number of imidazole rings is 1. The van der Waals surface area contributed by atoms with Gasteiger partial charge in [0.1, 0.15) is 0 Å². The van der Waals surface area contributed by atoms with Gasteiger partial charge in [-0.3, -0.25) is 9.72 Å². The molecule has 10 heteroatoms. The van der Waals surface area contributed by atoms with Gasteiger partial charge >= 0.3 is 6.09 Å². The van der Waals surface area contributed by atoms with Crippen LogP contribution < -0.4 is 10.6 Å². The predicted molar refractivity (Wildman–Crippen MR) is 81.8 cm³/mol. The normalized spacial score (nSPS) is 11.0. The topological polar surface area (TPSA) is 133 Å². The van der Waals surface area contributed by atoms with Gasteiger partial charge in [-0.2, -0.15) is 0 Å². The highest BCUT2D eigenvalue weighted by molar-refractivity contribution is 5.82. The summed E-state index contributed by atoms with van der Waals surface area (Å²) in [6, 6.07) is 7.60. The van der Waals surface area contributed by atoms with Gasteiger partial charge in [-0.25, -0.2) is 14.8 Å². The lowest BCUT2D eigenvalue weighted by molar-refractivity contribution is 0.209. The lowest BCUT2D eigenvalue weighted by Crippen LogP contribution is -2.10. The molecule has 0 unspecified atom stereocenters. The highest BCUT2D eigenvalue weighted by Gasteiger charge is 2.13. The molecule has 3 heterocycles. The summed E-state index contributed by atoms with van der Waals surface area (Å²) in [5.41, 5.74) is 2.07. The van der Waals surface area contributed by atoms with Crippen LogP contribution in [-0.2, 0) is 0 Å². The SMILES string of the molecule is O=C(O)Nc1nnc2c(Nc3nc4ccccc4[nH]3)nccn12. The Labute approximate surface area is 128 Å². The van der Waals surface area contributed by atoms with Crippen molar-refractivity contribution in [3.8, 4) is 0 Å². The number of aromatic amines is 1. The highest BCUT2D eigenvalue weighted by Crippen LogP contribution is 2.20. The molecule has 0 atom stereocenters. The van der Waals surface area contributed by atoms with E-state index in [1.165, 1.54) is 10.6 Å². The van der Waals surface area contributed by atoms with Crippen molar-refractivity contribution in [2.24, 2.45) is 0 Å². The number of nitrogens with one attached hydrogen (secondary N) is 3. The quantitative estimate of drug-likeness (QED) is 0.453. The van der Waals surface area contributed by atoms with E-state index in [1.807, 2.05) is 24.3 Å². The third kappa shape index (κ3) is 2.27. The van der Waals surface area contributed by atoms with Gasteiger partial charge in [-0.15, -0.1) is 10.2 Å². The zero-order valence-electron chi connectivity index (χ0n) is 11.6. The lowest BCUT2D eigenvalue weighted by Gasteiger charge is -2.03. The molecular formula is C13H10N8O2. The Balaban J connectivity index is 1.73. The number of H-pyrrole nitrogens is 1. The molecule has 0 aliphatic heterocycles. The van der Waals surface area contributed by atoms with Crippen molar-refractivity contribution in [3.63, 3.8) is 0 Å². The van der Waals surface area contributed by atoms with Crippen molar-refractivity contribution in [1.82, 2.24) is 29.5 Å². The van der Waals surface area contributed by atoms with E-state index in [2.05, 4.69) is 35.8 Å². The van der Waals surface area contributed by atoms with Crippen LogP contribution in [0.25, 0.3) is 16.7 Å². The van der Waals surface area contributed by atoms with Gasteiger partial charge < -0.3 is 15.4 Å². The second-order valence-electron chi connectivity index (χ2n) is 4.65. The molecule has 0 spiro atoms. The van der Waals surface area contributed by atoms with Crippen molar-refractivity contribution in [1.29, 1.82) is 0 Å². The third-order valence-corrected chi connectivity index (χ3v) is 3.17. The fourth-order valence-corrected chi connectivity index (χ4v) is 2.22. The summed E-state index contributed by atoms with van der Waals surface area (Å²) >= 11 is 0. The van der Waals surface area contributed by atoms with Gasteiger partial charge in [0.05, 0.1) is 11.0 Å². The van der Waals surface area contributed by atoms with Crippen molar-refractivity contribution in [3.05, 3.63) is 36.7 Å². The fraction of sp³-hybridized carbons (Fsp3) is 0. The van der Waals surface area contributed by atoms with Gasteiger partial charge in [0, 0.05) is 12.4 Å². The Hall–Kier alpha value is -3.69. The first-order valence-electron chi connectivity index (χ1n) is 6.62. The minimum Gasteiger partial charge on any atom is -0.465 e. The molecule has 0 aliphatic carbocycles. The number of benzene rings is 1. The smallest absolute Gasteiger partial charge is 0.411 e. The molecule has 23 heavy (non-hydrogen) atoms. The van der Waals surface area contributed by atoms with Gasteiger partial charge in [0.25, 0.3) is 0 Å². The summed E-state index contributed by atoms with van der Waals surface area (Å²) in [7, 11) is 0. The number of carbonyl (C=O) groups is 1. The number of hydrogen-bond donors (Lipinski definition) is 4. The number of fused-ring (bicyclic) bond motifs is 2. The third-order valence-electron chi connectivity index (χ3n) is 3.17. The highest BCUT2D eigenvalue weighted by atomic mass is 16.4. The zero-order chi connectivity index (χ0) is 15.8. The first kappa shape index (κ1) is 13.0. The molecule has 3 aromatic heterocycles. The molecule has 1 amide bonds. The van der Waals surface area contributed by atoms with E-state index >= 15 is 0 Å². The van der Waals surface area contributed by atoms with Crippen LogP contribution in [0.1, 0.15) is 0 Å². The lowest BCUT2D eigenvalue weighted by atomic mass is 10.3. The van der Waals surface area contributed by atoms with E-state index in [1.54, 1.807) is 6.20 Å². The molecule has 0 saturated carbocycles. The monoisotopic (exact) mass is 310 g/mol. The second-order valence-corrected chi connectivity index (χ2v) is 4.65. The molecule has 4 rings (SSSR count). The molecule has 0 saturated heterocycles. The van der Waals surface area contributed by atoms with Crippen LogP contribution in [0.15, 0.2) is 36.7 Å². The van der Waals surface area contributed by atoms with Crippen LogP contribution in [0.3, 0.4) is 0 Å². The minimum absolute atomic E-state index is 0.0857. The molecule has 114 valence electrons. The standard InChI is InChI=1S/C13H10N8O2/c22-13(23)18-12-20-19-10-9(14-5-6-21(10)12)17-11-15-7-3-1-2-4-8(7)16-11/h1-6H,(H,18,20)(H,22,23)(H2,14,15,16,17). The van der Waals surface area contributed by atoms with Crippen LogP contribution in [0.5, 0.6) is 0 Å². The molecule has 10 nitrogen and oxygen atoms in total. The summed E-state index contributed by atoms with van der Waals surface area (Å²) in [4.78, 5) is 22.5. The second kappa shape index (κ2) is 4.94. The predicted octanol–water partition coefficient (Wildman–Crippen LogP) is 1.83. The van der Waals surface area contributed by atoms with Gasteiger partial charge in [-0.1, -0.05) is 12.1 Å². The van der Waals surface area contributed by atoms with Gasteiger partial charge in [-0.05, 0) is 12.1 Å². The van der Waals surface area contributed by atoms with Crippen molar-refractivity contribution >= 4 is 40.5 Å². The maximum Gasteiger partial charge on any atom is 0.411 e. The first-order valence-corrected chi connectivity index (χ1v) is 6.62. The number of hydrogen-bond acceptors (Lipinski definition) is 6. The number of aromatic nitrogens is 6. The van der Waals surface area contributed by atoms with Crippen LogP contribution >= 0.6 is 0 Å². The molecule has 0 fully saturated rings. The fourth-order valence-electron chi connectivity index (χ4n) is 2.22. The number of carboxylic acid groups (broad SMARTS) is 1. The van der Waals surface area contributed by atoms with E-state index in [9.17, 15) is 4.79 Å². The van der Waals surface area contributed by atoms with Gasteiger partial charge in [0.15, 0.2) is 5.82 Å². The maximum absolute atomic E-state index is 10.7. The van der Waals surface area contributed by atoms with E-state index in [4.69, 9.17) is 5.11 Å². The number of rotatable bonds is 3. The summed E-state index contributed by atoms with van der Waals surface area (Å²) in [5, 5.41) is 21.7. The van der Waals surface area contributed by atoms with Crippen molar-refractivity contribution in [2.75, 3.05) is 10.6 Å². The largest absolute Gasteiger partial charge is 0.465 e. The van der Waals surface area contributed by atoms with Crippen molar-refractivity contribution in [2.45, 2.75) is 0 Å². The molecule has 4 N–H and O–H groups in total. The van der Waals surface area contributed by atoms with Crippen LogP contribution in [0.2, 0.25) is 0 Å². The Morgan fingerprint density at radius 2 is 2.13 bits per heavy atom. The first-order chi connectivity index (χ1) is 11.2. The molecular weight excluding hydrogens is 300 g/mol. The molecule has 1 aromatic carbocycles. The average Bonchev–Trinajstić information content (AvgIpc) is 3.11. The Bertz CT molecular complexity index is 988. The Morgan fingerprint density at radius 3 is 2.96 bits per heavy atom. The zero-order valence-corrected chi connectivity index (χ0v) is 11.6. The number of anilines is 3. The number of amides is 1. The van der Waals surface area contributed by atoms with Crippen LogP contribution in [0.4, 0.5) is 22.5 Å². The van der Waals surface area contributed by atoms with E-state index < -0.39 is 6.09 Å². The van der Waals surface area contributed by atoms with Crippen LogP contribution in [-0.4, -0.2) is 40.7 Å². The minimum atomic E-state index is -1.22. The summed E-state index contributed by atoms with van der Waals surface area (Å²) in [6.45, 7) is 0. The maximum atomic E-state index is 10.7. The summed E-state index contributed by atoms with van der Waals surface area (Å²) < 4.78 is 1.48. The van der Waals surface area contributed by atoms with E-state index in [-0.39, 0.29) is 5.95 Å². The Morgan fingerprint density at radius 1 is 1.26 bits per heavy atom. The Kier molecular flexibility index (Phi) is 2.80. The number of nitrogens with zero attached hydrogens (tertiary/aromatic N) is 5. The number of para-hydroxylation sites is 2. The molecule has 0 aliphatic rings. The summed E-state index contributed by atoms with van der Waals surface area (Å²) in [5.74, 6) is 0.989. The van der Waals surface area contributed by atoms with Crippen LogP contribution in [0, 0.1) is 0 Å². The average molecular weight is 310 g/mol. The molecule has 0 bridgehead atoms. The summed E-state index contributed by atoms with van der Waals surface area (Å²) in [6.07, 6.45) is 1.85. The molecule has 4 aromatic rings. The van der Waals surface area contributed by atoms with Gasteiger partial charge in [0.2, 0.25) is 17.5 Å². The van der Waals surface area contributed by atoms with E-state index in [0.29, 0.717) is 17.4 Å². The molecule has 0 radical (unpaired) electrons. The van der Waals surface area contributed by atoms with E-state index in [0.717, 1.165) is 11.0 Å². The van der Waals surface area contributed by atoms with Crippen molar-refractivity contribution < 1.29 is 9.90 Å².